The van der Waals surface area contributed by atoms with Gasteiger partial charge in [-0.25, -0.2) is 0 Å². The zero-order chi connectivity index (χ0) is 10.1. The Hall–Kier alpha value is -1.25. The molecule has 3 nitrogen and oxygen atoms in total. The molecule has 0 unspecified atom stereocenters. The number of hydrogen-bond acceptors (Lipinski definition) is 3. The van der Waals surface area contributed by atoms with Gasteiger partial charge in [0.2, 0.25) is 0 Å². The van der Waals surface area contributed by atoms with Crippen LogP contribution in [0.3, 0.4) is 0 Å². The maximum atomic E-state index is 5.27. The van der Waals surface area contributed by atoms with Crippen molar-refractivity contribution in [1.29, 1.82) is 0 Å². The van der Waals surface area contributed by atoms with Crippen LogP contribution in [0.1, 0.15) is 33.4 Å². The number of allylic oxidation sites excluding steroid dienone is 1. The van der Waals surface area contributed by atoms with Crippen molar-refractivity contribution in [1.82, 2.24) is 5.16 Å². The highest BCUT2D eigenvalue weighted by molar-refractivity contribution is 5.54. The SMILES string of the molecule is C/C=C(\OCC)c1ccon1.CC. The lowest BCUT2D eigenvalue weighted by Gasteiger charge is -2.02. The lowest BCUT2D eigenvalue weighted by atomic mass is 10.3. The average molecular weight is 183 g/mol. The van der Waals surface area contributed by atoms with Crippen LogP contribution >= 0.6 is 0 Å². The van der Waals surface area contributed by atoms with Gasteiger partial charge in [0, 0.05) is 6.07 Å². The first-order valence-electron chi connectivity index (χ1n) is 4.58. The molecule has 1 rings (SSSR count). The third-order valence-electron chi connectivity index (χ3n) is 1.25. The van der Waals surface area contributed by atoms with E-state index in [0.717, 1.165) is 11.5 Å². The van der Waals surface area contributed by atoms with E-state index < -0.39 is 0 Å². The maximum absolute atomic E-state index is 5.27. The molecule has 0 saturated carbocycles. The smallest absolute Gasteiger partial charge is 0.148 e. The first-order chi connectivity index (χ1) is 6.38. The highest BCUT2D eigenvalue weighted by Crippen LogP contribution is 2.12. The average Bonchev–Trinajstić information content (AvgIpc) is 2.70. The fourth-order valence-corrected chi connectivity index (χ4v) is 0.800. The van der Waals surface area contributed by atoms with Gasteiger partial charge in [-0.05, 0) is 19.9 Å². The summed E-state index contributed by atoms with van der Waals surface area (Å²) in [4.78, 5) is 0. The molecule has 0 aliphatic carbocycles. The van der Waals surface area contributed by atoms with E-state index >= 15 is 0 Å². The van der Waals surface area contributed by atoms with Gasteiger partial charge in [0.25, 0.3) is 0 Å². The molecule has 0 N–H and O–H groups in total. The second-order valence-electron chi connectivity index (χ2n) is 1.97. The van der Waals surface area contributed by atoms with Crippen LogP contribution in [0.4, 0.5) is 0 Å². The second kappa shape index (κ2) is 7.40. The largest absolute Gasteiger partial charge is 0.492 e. The monoisotopic (exact) mass is 183 g/mol. The Labute approximate surface area is 79.4 Å². The molecule has 1 aromatic rings. The van der Waals surface area contributed by atoms with Gasteiger partial charge < -0.3 is 9.26 Å². The lowest BCUT2D eigenvalue weighted by Crippen LogP contribution is -1.90. The van der Waals surface area contributed by atoms with E-state index in [4.69, 9.17) is 4.74 Å². The van der Waals surface area contributed by atoms with Crippen molar-refractivity contribution in [3.63, 3.8) is 0 Å². The van der Waals surface area contributed by atoms with Gasteiger partial charge >= 0.3 is 0 Å². The molecule has 0 atom stereocenters. The van der Waals surface area contributed by atoms with E-state index in [9.17, 15) is 0 Å². The summed E-state index contributed by atoms with van der Waals surface area (Å²) in [5, 5.41) is 3.74. The standard InChI is InChI=1S/C8H11NO2.C2H6/c1-3-8(10-4-2)7-5-6-11-9-7;1-2/h3,5-6H,4H2,1-2H3;1-2H3/b8-3-;. The van der Waals surface area contributed by atoms with Crippen LogP contribution < -0.4 is 0 Å². The molecule has 74 valence electrons. The molecule has 1 heterocycles. The molecule has 0 spiro atoms. The van der Waals surface area contributed by atoms with Crippen LogP contribution in [-0.2, 0) is 4.74 Å². The van der Waals surface area contributed by atoms with Crippen molar-refractivity contribution in [3.8, 4) is 0 Å². The summed E-state index contributed by atoms with van der Waals surface area (Å²) in [6.45, 7) is 8.48. The van der Waals surface area contributed by atoms with Crippen LogP contribution in [0.2, 0.25) is 0 Å². The molecule has 0 amide bonds. The first kappa shape index (κ1) is 11.8. The Morgan fingerprint density at radius 1 is 1.62 bits per heavy atom. The fourth-order valence-electron chi connectivity index (χ4n) is 0.800. The van der Waals surface area contributed by atoms with E-state index in [0.29, 0.717) is 6.61 Å². The Morgan fingerprint density at radius 3 is 2.69 bits per heavy atom. The molecule has 0 saturated heterocycles. The summed E-state index contributed by atoms with van der Waals surface area (Å²) >= 11 is 0. The normalized spacial score (nSPS) is 10.3. The van der Waals surface area contributed by atoms with Crippen molar-refractivity contribution in [2.24, 2.45) is 0 Å². The van der Waals surface area contributed by atoms with Crippen molar-refractivity contribution < 1.29 is 9.26 Å². The van der Waals surface area contributed by atoms with Gasteiger partial charge in [-0.3, -0.25) is 0 Å². The topological polar surface area (TPSA) is 35.3 Å². The van der Waals surface area contributed by atoms with E-state index in [1.54, 1.807) is 6.07 Å². The number of aromatic nitrogens is 1. The summed E-state index contributed by atoms with van der Waals surface area (Å²) in [7, 11) is 0. The minimum Gasteiger partial charge on any atom is -0.492 e. The number of rotatable bonds is 3. The van der Waals surface area contributed by atoms with Gasteiger partial charge in [-0.15, -0.1) is 0 Å². The van der Waals surface area contributed by atoms with Crippen LogP contribution in [0, 0.1) is 0 Å². The molecular weight excluding hydrogens is 166 g/mol. The molecular formula is C10H17NO2. The Balaban J connectivity index is 0.000000671. The van der Waals surface area contributed by atoms with Gasteiger partial charge in [0.05, 0.1) is 6.61 Å². The minimum atomic E-state index is 0.645. The molecule has 0 aliphatic heterocycles. The highest BCUT2D eigenvalue weighted by atomic mass is 16.5. The van der Waals surface area contributed by atoms with E-state index in [1.165, 1.54) is 6.26 Å². The van der Waals surface area contributed by atoms with Crippen molar-refractivity contribution in [3.05, 3.63) is 24.1 Å². The van der Waals surface area contributed by atoms with Crippen molar-refractivity contribution >= 4 is 5.76 Å². The fraction of sp³-hybridized carbons (Fsp3) is 0.500. The predicted molar refractivity (Wildman–Crippen MR) is 53.1 cm³/mol. The van der Waals surface area contributed by atoms with E-state index in [2.05, 4.69) is 9.68 Å². The quantitative estimate of drug-likeness (QED) is 0.675. The van der Waals surface area contributed by atoms with Crippen LogP contribution in [-0.4, -0.2) is 11.8 Å². The van der Waals surface area contributed by atoms with E-state index in [1.807, 2.05) is 33.8 Å². The number of nitrogens with zero attached hydrogens (tertiary/aromatic N) is 1. The summed E-state index contributed by atoms with van der Waals surface area (Å²) in [6, 6.07) is 1.77. The van der Waals surface area contributed by atoms with Gasteiger partial charge in [0.15, 0.2) is 0 Å². The minimum absolute atomic E-state index is 0.645. The molecule has 0 aromatic carbocycles. The molecule has 13 heavy (non-hydrogen) atoms. The summed E-state index contributed by atoms with van der Waals surface area (Å²) in [6.07, 6.45) is 3.39. The molecule has 0 fully saturated rings. The molecule has 3 heteroatoms. The Morgan fingerprint density at radius 2 is 2.31 bits per heavy atom. The molecule has 0 aliphatic rings. The molecule has 0 radical (unpaired) electrons. The van der Waals surface area contributed by atoms with Crippen LogP contribution in [0.5, 0.6) is 0 Å². The zero-order valence-corrected chi connectivity index (χ0v) is 8.70. The Kier molecular flexibility index (Phi) is 6.69. The first-order valence-corrected chi connectivity index (χ1v) is 4.58. The number of ether oxygens (including phenoxy) is 1. The third-order valence-corrected chi connectivity index (χ3v) is 1.25. The lowest BCUT2D eigenvalue weighted by molar-refractivity contribution is 0.292. The summed E-state index contributed by atoms with van der Waals surface area (Å²) < 4.78 is 9.95. The van der Waals surface area contributed by atoms with Crippen molar-refractivity contribution in [2.45, 2.75) is 27.7 Å². The second-order valence-corrected chi connectivity index (χ2v) is 1.97. The third kappa shape index (κ3) is 3.78. The van der Waals surface area contributed by atoms with Gasteiger partial charge in [-0.2, -0.15) is 0 Å². The maximum Gasteiger partial charge on any atom is 0.148 e. The predicted octanol–water partition coefficient (Wildman–Crippen LogP) is 3.10. The zero-order valence-electron chi connectivity index (χ0n) is 8.70. The van der Waals surface area contributed by atoms with Crippen LogP contribution in [0.25, 0.3) is 5.76 Å². The molecule has 0 bridgehead atoms. The molecule has 1 aromatic heterocycles. The summed E-state index contributed by atoms with van der Waals surface area (Å²) in [5.74, 6) is 0.765. The van der Waals surface area contributed by atoms with Crippen LogP contribution in [0.15, 0.2) is 22.9 Å². The Bertz CT molecular complexity index is 227. The van der Waals surface area contributed by atoms with E-state index in [-0.39, 0.29) is 0 Å². The van der Waals surface area contributed by atoms with Gasteiger partial charge in [-0.1, -0.05) is 19.0 Å². The number of hydrogen-bond donors (Lipinski definition) is 0. The van der Waals surface area contributed by atoms with Crippen molar-refractivity contribution in [2.75, 3.05) is 6.61 Å². The highest BCUT2D eigenvalue weighted by Gasteiger charge is 2.02. The summed E-state index contributed by atoms with van der Waals surface area (Å²) in [5.41, 5.74) is 0.745. The van der Waals surface area contributed by atoms with Gasteiger partial charge in [0.1, 0.15) is 17.7 Å².